The minimum absolute atomic E-state index is 0.542. The van der Waals surface area contributed by atoms with E-state index in [0.29, 0.717) is 5.57 Å². The molecule has 0 fully saturated rings. The molecule has 2 heterocycles. The van der Waals surface area contributed by atoms with E-state index < -0.39 is 0 Å². The van der Waals surface area contributed by atoms with Crippen molar-refractivity contribution in [2.75, 3.05) is 0 Å². The van der Waals surface area contributed by atoms with Crippen LogP contribution in [0, 0.1) is 11.3 Å². The molecule has 0 bridgehead atoms. The van der Waals surface area contributed by atoms with Crippen LogP contribution in [-0.2, 0) is 0 Å². The summed E-state index contributed by atoms with van der Waals surface area (Å²) >= 11 is 1.52. The van der Waals surface area contributed by atoms with Gasteiger partial charge in [0.2, 0.25) is 0 Å². The first kappa shape index (κ1) is 11.6. The Bertz CT molecular complexity index is 749. The first-order chi connectivity index (χ1) is 9.36. The van der Waals surface area contributed by atoms with E-state index in [-0.39, 0.29) is 0 Å². The predicted molar refractivity (Wildman–Crippen MR) is 77.3 cm³/mol. The van der Waals surface area contributed by atoms with Crippen LogP contribution in [0.4, 0.5) is 0 Å². The van der Waals surface area contributed by atoms with Gasteiger partial charge in [-0.1, -0.05) is 18.2 Å². The Morgan fingerprint density at radius 3 is 2.74 bits per heavy atom. The summed E-state index contributed by atoms with van der Waals surface area (Å²) in [5, 5.41) is 10.0. The molecule has 0 N–H and O–H groups in total. The first-order valence-corrected chi connectivity index (χ1v) is 6.57. The summed E-state index contributed by atoms with van der Waals surface area (Å²) in [6.07, 6.45) is 3.47. The molecule has 1 aromatic carbocycles. The van der Waals surface area contributed by atoms with E-state index in [0.717, 1.165) is 20.9 Å². The predicted octanol–water partition coefficient (Wildman–Crippen LogP) is 3.76. The Labute approximate surface area is 114 Å². The number of aromatic nitrogens is 2. The molecule has 0 spiro atoms. The Morgan fingerprint density at radius 1 is 1.16 bits per heavy atom. The number of para-hydroxylation sites is 1. The van der Waals surface area contributed by atoms with Crippen LogP contribution in [0.5, 0.6) is 0 Å². The highest BCUT2D eigenvalue weighted by atomic mass is 32.1. The lowest BCUT2D eigenvalue weighted by Gasteiger charge is -1.93. The fraction of sp³-hybridized carbons (Fsp3) is 0. The van der Waals surface area contributed by atoms with Gasteiger partial charge in [0.25, 0.3) is 0 Å². The maximum atomic E-state index is 9.29. The minimum Gasteiger partial charge on any atom is -0.257 e. The third kappa shape index (κ3) is 2.37. The van der Waals surface area contributed by atoms with E-state index in [1.165, 1.54) is 11.3 Å². The Hall–Kier alpha value is -2.51. The zero-order valence-electron chi connectivity index (χ0n) is 9.95. The molecule has 19 heavy (non-hydrogen) atoms. The van der Waals surface area contributed by atoms with Crippen molar-refractivity contribution in [1.29, 1.82) is 5.26 Å². The molecule has 0 aliphatic rings. The number of hydrogen-bond donors (Lipinski definition) is 0. The van der Waals surface area contributed by atoms with Crippen LogP contribution in [0.2, 0.25) is 0 Å². The van der Waals surface area contributed by atoms with Gasteiger partial charge in [-0.25, -0.2) is 4.98 Å². The molecule has 3 aromatic rings. The van der Waals surface area contributed by atoms with Gasteiger partial charge in [0.05, 0.1) is 21.5 Å². The zero-order valence-corrected chi connectivity index (χ0v) is 10.8. The largest absolute Gasteiger partial charge is 0.257 e. The van der Waals surface area contributed by atoms with Gasteiger partial charge in [0, 0.05) is 6.20 Å². The van der Waals surface area contributed by atoms with Gasteiger partial charge < -0.3 is 0 Å². The molecular formula is C15H9N3S. The Morgan fingerprint density at radius 2 is 2.00 bits per heavy atom. The van der Waals surface area contributed by atoms with Crippen LogP contribution in [-0.4, -0.2) is 9.97 Å². The summed E-state index contributed by atoms with van der Waals surface area (Å²) in [5.41, 5.74) is 2.22. The van der Waals surface area contributed by atoms with E-state index >= 15 is 0 Å². The van der Waals surface area contributed by atoms with Gasteiger partial charge in [-0.2, -0.15) is 5.26 Å². The quantitative estimate of drug-likeness (QED) is 0.661. The highest BCUT2D eigenvalue weighted by Crippen LogP contribution is 2.27. The molecule has 0 unspecified atom stereocenters. The number of fused-ring (bicyclic) bond motifs is 1. The summed E-state index contributed by atoms with van der Waals surface area (Å²) in [5.74, 6) is 0. The van der Waals surface area contributed by atoms with E-state index in [9.17, 15) is 5.26 Å². The van der Waals surface area contributed by atoms with Gasteiger partial charge in [0.1, 0.15) is 11.1 Å². The lowest BCUT2D eigenvalue weighted by molar-refractivity contribution is 1.29. The summed E-state index contributed by atoms with van der Waals surface area (Å²) in [7, 11) is 0. The van der Waals surface area contributed by atoms with Crippen molar-refractivity contribution in [3.8, 4) is 6.07 Å². The van der Waals surface area contributed by atoms with Crippen LogP contribution >= 0.6 is 11.3 Å². The molecule has 0 amide bonds. The summed E-state index contributed by atoms with van der Waals surface area (Å²) in [4.78, 5) is 8.68. The molecule has 4 heteroatoms. The normalized spacial score (nSPS) is 11.4. The maximum absolute atomic E-state index is 9.29. The van der Waals surface area contributed by atoms with Crippen molar-refractivity contribution in [3.63, 3.8) is 0 Å². The van der Waals surface area contributed by atoms with Crippen molar-refractivity contribution in [2.24, 2.45) is 0 Å². The third-order valence-corrected chi connectivity index (χ3v) is 3.69. The second kappa shape index (κ2) is 5.01. The Kier molecular flexibility index (Phi) is 3.05. The van der Waals surface area contributed by atoms with Crippen molar-refractivity contribution >= 4 is 33.2 Å². The van der Waals surface area contributed by atoms with Crippen molar-refractivity contribution in [2.45, 2.75) is 0 Å². The number of hydrogen-bond acceptors (Lipinski definition) is 4. The van der Waals surface area contributed by atoms with Gasteiger partial charge in [-0.15, -0.1) is 11.3 Å². The molecule has 0 radical (unpaired) electrons. The number of nitriles is 1. The lowest BCUT2D eigenvalue weighted by Crippen LogP contribution is -1.82. The molecule has 0 aliphatic carbocycles. The second-order valence-electron chi connectivity index (χ2n) is 3.91. The zero-order chi connectivity index (χ0) is 13.1. The fourth-order valence-corrected chi connectivity index (χ4v) is 2.67. The third-order valence-electron chi connectivity index (χ3n) is 2.62. The van der Waals surface area contributed by atoms with Gasteiger partial charge >= 0.3 is 0 Å². The summed E-state index contributed by atoms with van der Waals surface area (Å²) in [6, 6.07) is 15.7. The van der Waals surface area contributed by atoms with E-state index in [4.69, 9.17) is 0 Å². The topological polar surface area (TPSA) is 49.6 Å². The average molecular weight is 263 g/mol. The number of nitrogens with zero attached hydrogens (tertiary/aromatic N) is 3. The van der Waals surface area contributed by atoms with E-state index in [1.807, 2.05) is 42.5 Å². The maximum Gasteiger partial charge on any atom is 0.135 e. The lowest BCUT2D eigenvalue weighted by atomic mass is 10.2. The van der Waals surface area contributed by atoms with Crippen molar-refractivity contribution in [1.82, 2.24) is 9.97 Å². The Balaban J connectivity index is 2.08. The van der Waals surface area contributed by atoms with E-state index in [2.05, 4.69) is 16.0 Å². The molecule has 0 saturated carbocycles. The molecule has 0 aliphatic heterocycles. The van der Waals surface area contributed by atoms with Crippen LogP contribution in [0.1, 0.15) is 10.7 Å². The standard InChI is InChI=1S/C15H9N3S/c16-10-11(9-12-5-3-4-8-17-12)15-18-13-6-1-2-7-14(13)19-15/h1-9H/b11-9+. The number of benzene rings is 1. The minimum atomic E-state index is 0.542. The molecular weight excluding hydrogens is 254 g/mol. The highest BCUT2D eigenvalue weighted by molar-refractivity contribution is 7.19. The molecule has 0 saturated heterocycles. The second-order valence-corrected chi connectivity index (χ2v) is 4.94. The number of allylic oxidation sites excluding steroid dienone is 1. The van der Waals surface area contributed by atoms with Gasteiger partial charge in [0.15, 0.2) is 0 Å². The first-order valence-electron chi connectivity index (χ1n) is 5.75. The van der Waals surface area contributed by atoms with E-state index in [1.54, 1.807) is 12.3 Å². The number of rotatable bonds is 2. The molecule has 0 atom stereocenters. The SMILES string of the molecule is N#C/C(=C\c1ccccn1)c1nc2ccccc2s1. The number of pyridine rings is 1. The highest BCUT2D eigenvalue weighted by Gasteiger charge is 2.08. The van der Waals surface area contributed by atoms with Crippen molar-refractivity contribution < 1.29 is 0 Å². The molecule has 3 rings (SSSR count). The van der Waals surface area contributed by atoms with Crippen molar-refractivity contribution in [3.05, 3.63) is 59.4 Å². The van der Waals surface area contributed by atoms with Crippen LogP contribution in [0.25, 0.3) is 21.9 Å². The van der Waals surface area contributed by atoms with Crippen LogP contribution in [0.3, 0.4) is 0 Å². The van der Waals surface area contributed by atoms with Gasteiger partial charge in [-0.3, -0.25) is 4.98 Å². The van der Waals surface area contributed by atoms with Crippen LogP contribution < -0.4 is 0 Å². The summed E-state index contributed by atoms with van der Waals surface area (Å²) in [6.45, 7) is 0. The van der Waals surface area contributed by atoms with Gasteiger partial charge in [-0.05, 0) is 30.3 Å². The molecule has 2 aromatic heterocycles. The monoisotopic (exact) mass is 263 g/mol. The average Bonchev–Trinajstić information content (AvgIpc) is 2.89. The number of thiazole rings is 1. The fourth-order valence-electron chi connectivity index (χ4n) is 1.74. The molecule has 3 nitrogen and oxygen atoms in total. The molecule has 90 valence electrons. The summed E-state index contributed by atoms with van der Waals surface area (Å²) < 4.78 is 1.08. The smallest absolute Gasteiger partial charge is 0.135 e. The van der Waals surface area contributed by atoms with Crippen LogP contribution in [0.15, 0.2) is 48.7 Å².